The molecule has 0 saturated carbocycles. The van der Waals surface area contributed by atoms with Crippen molar-refractivity contribution < 1.29 is 51.3 Å². The minimum absolute atomic E-state index is 0.0151. The molecule has 0 spiro atoms. The number of amides is 2. The van der Waals surface area contributed by atoms with Crippen molar-refractivity contribution in [1.82, 2.24) is 10.6 Å². The summed E-state index contributed by atoms with van der Waals surface area (Å²) in [6.07, 6.45) is -3.36. The largest absolute Gasteiger partial charge is 0.485 e. The summed E-state index contributed by atoms with van der Waals surface area (Å²) >= 11 is 0. The Hall–Kier alpha value is -3.87. The molecule has 0 aliphatic heterocycles. The number of hydrogen-bond donors (Lipinski definition) is 3. The maximum atomic E-state index is 13.9. The van der Waals surface area contributed by atoms with Crippen molar-refractivity contribution in [2.24, 2.45) is 0 Å². The molecule has 9 nitrogen and oxygen atoms in total. The minimum Gasteiger partial charge on any atom is -0.485 e. The van der Waals surface area contributed by atoms with E-state index in [-0.39, 0.29) is 12.7 Å². The molecule has 2 rings (SSSR count). The molecule has 13 heteroatoms. The van der Waals surface area contributed by atoms with Gasteiger partial charge >= 0.3 is 12.1 Å². The second-order valence-electron chi connectivity index (χ2n) is 9.51. The van der Waals surface area contributed by atoms with Crippen molar-refractivity contribution in [1.29, 1.82) is 0 Å². The molecule has 2 aromatic rings. The van der Waals surface area contributed by atoms with Crippen molar-refractivity contribution >= 4 is 18.0 Å². The summed E-state index contributed by atoms with van der Waals surface area (Å²) in [6.45, 7) is 4.99. The topological polar surface area (TPSA) is 123 Å². The van der Waals surface area contributed by atoms with Crippen LogP contribution in [-0.4, -0.2) is 53.5 Å². The Morgan fingerprint density at radius 3 is 2.13 bits per heavy atom. The van der Waals surface area contributed by atoms with Crippen molar-refractivity contribution in [3.05, 3.63) is 65.2 Å². The first kappa shape index (κ1) is 31.3. The number of aliphatic hydroxyl groups excluding tert-OH is 1. The average molecular weight is 559 g/mol. The third kappa shape index (κ3) is 10.1. The van der Waals surface area contributed by atoms with Crippen LogP contribution in [0, 0.1) is 23.3 Å². The van der Waals surface area contributed by atoms with E-state index in [2.05, 4.69) is 10.6 Å². The average Bonchev–Trinajstić information content (AvgIpc) is 2.85. The van der Waals surface area contributed by atoms with Gasteiger partial charge in [-0.1, -0.05) is 30.3 Å². The smallest absolute Gasteiger partial charge is 0.408 e. The number of ether oxygens (including phenoxy) is 3. The van der Waals surface area contributed by atoms with E-state index in [1.807, 2.05) is 0 Å². The minimum atomic E-state index is -1.83. The standard InChI is InChI=1S/C26H30F4N2O7/c1-14(31-25(36)38-12-15-8-6-5-7-9-15)24(35)32-18(11-20(34)39-26(2,3)4)19(33)13-37-23-21(29)16(27)10-17(28)22(23)30/h5-10,14,18-19,33H,11-13H2,1-4H3,(H,31,36)(H,32,35)/t14-,18-,19?/m1/s1. The van der Waals surface area contributed by atoms with Gasteiger partial charge in [-0.2, -0.15) is 8.78 Å². The van der Waals surface area contributed by atoms with E-state index in [1.54, 1.807) is 51.1 Å². The summed E-state index contributed by atoms with van der Waals surface area (Å²) in [5.41, 5.74) is -0.216. The maximum Gasteiger partial charge on any atom is 0.408 e. The number of nitrogens with one attached hydrogen (secondary N) is 2. The molecule has 0 heterocycles. The lowest BCUT2D eigenvalue weighted by Gasteiger charge is -2.27. The van der Waals surface area contributed by atoms with E-state index >= 15 is 0 Å². The van der Waals surface area contributed by atoms with Crippen LogP contribution in [0.25, 0.3) is 0 Å². The Kier molecular flexibility index (Phi) is 11.1. The summed E-state index contributed by atoms with van der Waals surface area (Å²) in [5.74, 6) is -10.3. The molecule has 0 aromatic heterocycles. The van der Waals surface area contributed by atoms with Gasteiger partial charge in [0.2, 0.25) is 17.5 Å². The van der Waals surface area contributed by atoms with Crippen molar-refractivity contribution in [3.8, 4) is 5.75 Å². The van der Waals surface area contributed by atoms with Gasteiger partial charge in [-0.15, -0.1) is 0 Å². The zero-order valence-electron chi connectivity index (χ0n) is 21.7. The van der Waals surface area contributed by atoms with E-state index in [9.17, 15) is 37.1 Å². The Labute approximate surface area is 222 Å². The van der Waals surface area contributed by atoms with Crippen LogP contribution in [0.15, 0.2) is 36.4 Å². The van der Waals surface area contributed by atoms with Crippen LogP contribution in [0.4, 0.5) is 22.4 Å². The highest BCUT2D eigenvalue weighted by Crippen LogP contribution is 2.26. The summed E-state index contributed by atoms with van der Waals surface area (Å²) < 4.78 is 69.7. The lowest BCUT2D eigenvalue weighted by molar-refractivity contribution is -0.156. The van der Waals surface area contributed by atoms with Gasteiger partial charge in [0.25, 0.3) is 0 Å². The van der Waals surface area contributed by atoms with Crippen LogP contribution in [0.2, 0.25) is 0 Å². The first-order valence-corrected chi connectivity index (χ1v) is 11.8. The fourth-order valence-electron chi connectivity index (χ4n) is 3.12. The molecule has 214 valence electrons. The third-order valence-electron chi connectivity index (χ3n) is 5.01. The first-order chi connectivity index (χ1) is 18.2. The van der Waals surface area contributed by atoms with Gasteiger partial charge < -0.3 is 30.0 Å². The van der Waals surface area contributed by atoms with Crippen molar-refractivity contribution in [2.75, 3.05) is 6.61 Å². The second kappa shape index (κ2) is 13.8. The van der Waals surface area contributed by atoms with E-state index in [0.29, 0.717) is 5.56 Å². The van der Waals surface area contributed by atoms with Crippen LogP contribution >= 0.6 is 0 Å². The van der Waals surface area contributed by atoms with Crippen molar-refractivity contribution in [2.45, 2.75) is 64.5 Å². The van der Waals surface area contributed by atoms with Gasteiger partial charge in [0.15, 0.2) is 17.4 Å². The second-order valence-corrected chi connectivity index (χ2v) is 9.51. The number of hydrogen-bond acceptors (Lipinski definition) is 7. The van der Waals surface area contributed by atoms with Crippen LogP contribution in [-0.2, 0) is 25.7 Å². The van der Waals surface area contributed by atoms with Gasteiger partial charge in [0.1, 0.15) is 31.0 Å². The Bertz CT molecular complexity index is 1130. The van der Waals surface area contributed by atoms with E-state index in [1.165, 1.54) is 6.92 Å². The molecule has 39 heavy (non-hydrogen) atoms. The highest BCUT2D eigenvalue weighted by Gasteiger charge is 2.31. The molecule has 3 atom stereocenters. The van der Waals surface area contributed by atoms with Gasteiger partial charge in [-0.05, 0) is 33.3 Å². The Morgan fingerprint density at radius 2 is 1.56 bits per heavy atom. The SMILES string of the molecule is C[C@@H](NC(=O)OCc1ccccc1)C(=O)N[C@H](CC(=O)OC(C)(C)C)C(O)COc1c(F)c(F)cc(F)c1F. The van der Waals surface area contributed by atoms with Gasteiger partial charge in [-0.25, -0.2) is 13.6 Å². The van der Waals surface area contributed by atoms with E-state index in [0.717, 1.165) is 0 Å². The lowest BCUT2D eigenvalue weighted by Crippen LogP contribution is -2.53. The fraction of sp³-hybridized carbons (Fsp3) is 0.423. The Balaban J connectivity index is 2.07. The molecule has 0 aliphatic carbocycles. The first-order valence-electron chi connectivity index (χ1n) is 11.8. The maximum absolute atomic E-state index is 13.9. The number of esters is 1. The monoisotopic (exact) mass is 558 g/mol. The Morgan fingerprint density at radius 1 is 0.974 bits per heavy atom. The van der Waals surface area contributed by atoms with E-state index < -0.39 is 83.8 Å². The van der Waals surface area contributed by atoms with Crippen LogP contribution in [0.1, 0.15) is 39.7 Å². The predicted octanol–water partition coefficient (Wildman–Crippen LogP) is 3.51. The molecule has 2 aromatic carbocycles. The predicted molar refractivity (Wildman–Crippen MR) is 129 cm³/mol. The molecule has 1 unspecified atom stereocenters. The number of alkyl carbamates (subject to hydrolysis) is 1. The van der Waals surface area contributed by atoms with Gasteiger partial charge in [0.05, 0.1) is 12.5 Å². The summed E-state index contributed by atoms with van der Waals surface area (Å²) in [6, 6.07) is 6.05. The summed E-state index contributed by atoms with van der Waals surface area (Å²) in [4.78, 5) is 37.1. The van der Waals surface area contributed by atoms with Crippen LogP contribution in [0.5, 0.6) is 5.75 Å². The molecule has 3 N–H and O–H groups in total. The highest BCUT2D eigenvalue weighted by molar-refractivity contribution is 5.86. The number of benzene rings is 2. The van der Waals surface area contributed by atoms with Crippen LogP contribution in [0.3, 0.4) is 0 Å². The quantitative estimate of drug-likeness (QED) is 0.219. The molecule has 0 fully saturated rings. The van der Waals surface area contributed by atoms with E-state index in [4.69, 9.17) is 14.2 Å². The molecule has 2 amide bonds. The molecule has 0 saturated heterocycles. The zero-order valence-corrected chi connectivity index (χ0v) is 21.7. The summed E-state index contributed by atoms with van der Waals surface area (Å²) in [7, 11) is 0. The normalized spacial score (nSPS) is 13.6. The van der Waals surface area contributed by atoms with Crippen molar-refractivity contribution in [3.63, 3.8) is 0 Å². The van der Waals surface area contributed by atoms with Gasteiger partial charge in [-0.3, -0.25) is 9.59 Å². The highest BCUT2D eigenvalue weighted by atomic mass is 19.2. The number of halogens is 4. The lowest BCUT2D eigenvalue weighted by atomic mass is 10.1. The zero-order chi connectivity index (χ0) is 29.3. The molecular weight excluding hydrogens is 528 g/mol. The van der Waals surface area contributed by atoms with Gasteiger partial charge in [0, 0.05) is 6.07 Å². The molecular formula is C26H30F4N2O7. The number of carbonyl (C=O) groups is 3. The third-order valence-corrected chi connectivity index (χ3v) is 5.01. The number of aliphatic hydroxyl groups is 1. The fourth-order valence-corrected chi connectivity index (χ4v) is 3.12. The molecule has 0 bridgehead atoms. The molecule has 0 radical (unpaired) electrons. The number of carbonyl (C=O) groups excluding carboxylic acids is 3. The van der Waals surface area contributed by atoms with Crippen LogP contribution < -0.4 is 15.4 Å². The summed E-state index contributed by atoms with van der Waals surface area (Å²) in [5, 5.41) is 15.2. The number of rotatable bonds is 11. The molecule has 0 aliphatic rings.